The van der Waals surface area contributed by atoms with Crippen molar-refractivity contribution >= 4 is 22.3 Å². The van der Waals surface area contributed by atoms with Gasteiger partial charge in [0.15, 0.2) is 0 Å². The SMILES string of the molecule is Oc1ccc2ccc(Oc3ncns3)cc2c1. The van der Waals surface area contributed by atoms with Crippen LogP contribution in [0.2, 0.25) is 0 Å². The van der Waals surface area contributed by atoms with Crippen molar-refractivity contribution in [2.45, 2.75) is 0 Å². The van der Waals surface area contributed by atoms with E-state index in [-0.39, 0.29) is 5.75 Å². The summed E-state index contributed by atoms with van der Waals surface area (Å²) in [5, 5.41) is 11.9. The van der Waals surface area contributed by atoms with E-state index in [1.54, 1.807) is 12.1 Å². The van der Waals surface area contributed by atoms with E-state index in [0.29, 0.717) is 10.9 Å². The molecule has 4 nitrogen and oxygen atoms in total. The Kier molecular flexibility index (Phi) is 2.38. The molecule has 3 rings (SSSR count). The number of phenolic OH excluding ortho intramolecular Hbond substituents is 1. The molecule has 0 aliphatic heterocycles. The molecule has 0 radical (unpaired) electrons. The summed E-state index contributed by atoms with van der Waals surface area (Å²) < 4.78 is 9.39. The van der Waals surface area contributed by atoms with E-state index < -0.39 is 0 Å². The van der Waals surface area contributed by atoms with Crippen molar-refractivity contribution in [3.63, 3.8) is 0 Å². The minimum absolute atomic E-state index is 0.241. The summed E-state index contributed by atoms with van der Waals surface area (Å²) >= 11 is 1.19. The topological polar surface area (TPSA) is 55.2 Å². The average molecular weight is 244 g/mol. The summed E-state index contributed by atoms with van der Waals surface area (Å²) in [4.78, 5) is 3.94. The third-order valence-corrected chi connectivity index (χ3v) is 2.89. The summed E-state index contributed by atoms with van der Waals surface area (Å²) in [5.41, 5.74) is 0. The lowest BCUT2D eigenvalue weighted by atomic mass is 10.1. The molecule has 0 spiro atoms. The van der Waals surface area contributed by atoms with Gasteiger partial charge in [-0.15, -0.1) is 0 Å². The monoisotopic (exact) mass is 244 g/mol. The van der Waals surface area contributed by atoms with E-state index in [1.807, 2.05) is 24.3 Å². The molecule has 0 aliphatic rings. The van der Waals surface area contributed by atoms with E-state index in [2.05, 4.69) is 9.36 Å². The van der Waals surface area contributed by atoms with Crippen LogP contribution < -0.4 is 4.74 Å². The van der Waals surface area contributed by atoms with Crippen molar-refractivity contribution in [2.24, 2.45) is 0 Å². The molecule has 0 unspecified atom stereocenters. The molecule has 0 saturated carbocycles. The van der Waals surface area contributed by atoms with Gasteiger partial charge < -0.3 is 9.84 Å². The zero-order valence-electron chi connectivity index (χ0n) is 8.70. The molecule has 0 saturated heterocycles. The van der Waals surface area contributed by atoms with Gasteiger partial charge in [0.2, 0.25) is 0 Å². The highest BCUT2D eigenvalue weighted by Crippen LogP contribution is 2.27. The lowest BCUT2D eigenvalue weighted by molar-refractivity contribution is 0.475. The number of hydrogen-bond acceptors (Lipinski definition) is 5. The third-order valence-electron chi connectivity index (χ3n) is 2.34. The van der Waals surface area contributed by atoms with Crippen LogP contribution in [0, 0.1) is 0 Å². The highest BCUT2D eigenvalue weighted by Gasteiger charge is 2.02. The second-order valence-corrected chi connectivity index (χ2v) is 4.25. The molecule has 2 aromatic carbocycles. The van der Waals surface area contributed by atoms with Gasteiger partial charge in [0.1, 0.15) is 17.8 Å². The van der Waals surface area contributed by atoms with Gasteiger partial charge in [-0.2, -0.15) is 9.36 Å². The number of nitrogens with zero attached hydrogens (tertiary/aromatic N) is 2. The Morgan fingerprint density at radius 2 is 1.94 bits per heavy atom. The first-order valence-corrected chi connectivity index (χ1v) is 5.76. The third kappa shape index (κ3) is 2.05. The Labute approximate surface area is 101 Å². The number of aromatic hydroxyl groups is 1. The molecule has 1 aromatic heterocycles. The van der Waals surface area contributed by atoms with Gasteiger partial charge in [0, 0.05) is 11.5 Å². The van der Waals surface area contributed by atoms with Gasteiger partial charge in [-0.25, -0.2) is 0 Å². The first-order chi connectivity index (χ1) is 8.31. The van der Waals surface area contributed by atoms with Crippen LogP contribution in [0.4, 0.5) is 0 Å². The fourth-order valence-corrected chi connectivity index (χ4v) is 2.00. The summed E-state index contributed by atoms with van der Waals surface area (Å²) in [5.74, 6) is 0.922. The standard InChI is InChI=1S/C12H8N2O2S/c15-10-3-1-8-2-4-11(6-9(8)5-10)16-12-13-7-14-17-12/h1-7,15H. The maximum atomic E-state index is 9.42. The normalized spacial score (nSPS) is 10.6. The van der Waals surface area contributed by atoms with Crippen molar-refractivity contribution in [3.05, 3.63) is 42.7 Å². The van der Waals surface area contributed by atoms with Crippen molar-refractivity contribution < 1.29 is 9.84 Å². The Hall–Kier alpha value is -2.14. The Morgan fingerprint density at radius 3 is 2.76 bits per heavy atom. The van der Waals surface area contributed by atoms with Crippen LogP contribution in [0.25, 0.3) is 10.8 Å². The quantitative estimate of drug-likeness (QED) is 0.752. The molecule has 3 aromatic rings. The summed E-state index contributed by atoms with van der Waals surface area (Å²) in [6.45, 7) is 0. The van der Waals surface area contributed by atoms with Gasteiger partial charge in [-0.05, 0) is 35.0 Å². The maximum absolute atomic E-state index is 9.42. The Morgan fingerprint density at radius 1 is 1.06 bits per heavy atom. The predicted molar refractivity (Wildman–Crippen MR) is 65.6 cm³/mol. The summed E-state index contributed by atoms with van der Waals surface area (Å²) in [6, 6.07) is 10.9. The highest BCUT2D eigenvalue weighted by atomic mass is 32.1. The first kappa shape index (κ1) is 10.0. The fraction of sp³-hybridized carbons (Fsp3) is 0. The Bertz CT molecular complexity index is 653. The molecular weight excluding hydrogens is 236 g/mol. The molecule has 0 fully saturated rings. The van der Waals surface area contributed by atoms with Gasteiger partial charge in [0.05, 0.1) is 0 Å². The number of ether oxygens (including phenoxy) is 1. The zero-order valence-corrected chi connectivity index (χ0v) is 9.52. The van der Waals surface area contributed by atoms with Crippen molar-refractivity contribution in [3.8, 4) is 16.7 Å². The first-order valence-electron chi connectivity index (χ1n) is 4.98. The molecule has 0 atom stereocenters. The van der Waals surface area contributed by atoms with E-state index >= 15 is 0 Å². The number of phenols is 1. The minimum Gasteiger partial charge on any atom is -0.508 e. The molecule has 84 valence electrons. The van der Waals surface area contributed by atoms with Crippen molar-refractivity contribution in [2.75, 3.05) is 0 Å². The maximum Gasteiger partial charge on any atom is 0.298 e. The van der Waals surface area contributed by atoms with Crippen LogP contribution in [-0.4, -0.2) is 14.5 Å². The lowest BCUT2D eigenvalue weighted by Crippen LogP contribution is -1.82. The second-order valence-electron chi connectivity index (χ2n) is 3.50. The van der Waals surface area contributed by atoms with Crippen LogP contribution >= 0.6 is 11.5 Å². The van der Waals surface area contributed by atoms with Crippen LogP contribution in [0.5, 0.6) is 16.7 Å². The van der Waals surface area contributed by atoms with Gasteiger partial charge >= 0.3 is 0 Å². The highest BCUT2D eigenvalue weighted by molar-refractivity contribution is 7.07. The fourth-order valence-electron chi connectivity index (χ4n) is 1.58. The van der Waals surface area contributed by atoms with E-state index in [1.165, 1.54) is 17.9 Å². The van der Waals surface area contributed by atoms with Crippen LogP contribution in [-0.2, 0) is 0 Å². The largest absolute Gasteiger partial charge is 0.508 e. The molecule has 0 amide bonds. The second kappa shape index (κ2) is 4.03. The van der Waals surface area contributed by atoms with Crippen LogP contribution in [0.3, 0.4) is 0 Å². The molecular formula is C12H8N2O2S. The van der Waals surface area contributed by atoms with Crippen LogP contribution in [0.15, 0.2) is 42.7 Å². The smallest absolute Gasteiger partial charge is 0.298 e. The van der Waals surface area contributed by atoms with E-state index in [9.17, 15) is 5.11 Å². The van der Waals surface area contributed by atoms with Crippen LogP contribution in [0.1, 0.15) is 0 Å². The number of benzene rings is 2. The zero-order chi connectivity index (χ0) is 11.7. The lowest BCUT2D eigenvalue weighted by Gasteiger charge is -2.03. The van der Waals surface area contributed by atoms with Gasteiger partial charge in [-0.3, -0.25) is 0 Å². The average Bonchev–Trinajstić information content (AvgIpc) is 2.81. The molecule has 1 heterocycles. The molecule has 5 heteroatoms. The minimum atomic E-state index is 0.241. The van der Waals surface area contributed by atoms with Crippen molar-refractivity contribution in [1.29, 1.82) is 0 Å². The number of hydrogen-bond donors (Lipinski definition) is 1. The van der Waals surface area contributed by atoms with Crippen molar-refractivity contribution in [1.82, 2.24) is 9.36 Å². The number of aromatic nitrogens is 2. The Balaban J connectivity index is 2.01. The molecule has 1 N–H and O–H groups in total. The van der Waals surface area contributed by atoms with E-state index in [4.69, 9.17) is 4.74 Å². The van der Waals surface area contributed by atoms with Gasteiger partial charge in [-0.1, -0.05) is 12.1 Å². The summed E-state index contributed by atoms with van der Waals surface area (Å²) in [7, 11) is 0. The molecule has 0 bridgehead atoms. The number of rotatable bonds is 2. The van der Waals surface area contributed by atoms with Gasteiger partial charge in [0.25, 0.3) is 5.19 Å². The summed E-state index contributed by atoms with van der Waals surface area (Å²) in [6.07, 6.45) is 1.45. The number of fused-ring (bicyclic) bond motifs is 1. The van der Waals surface area contributed by atoms with E-state index in [0.717, 1.165) is 10.8 Å². The molecule has 17 heavy (non-hydrogen) atoms. The predicted octanol–water partition coefficient (Wildman–Crippen LogP) is 3.19. The molecule has 0 aliphatic carbocycles.